The zero-order valence-electron chi connectivity index (χ0n) is 14.6. The summed E-state index contributed by atoms with van der Waals surface area (Å²) in [5.41, 5.74) is 3.35. The van der Waals surface area contributed by atoms with E-state index in [1.54, 1.807) is 24.3 Å². The zero-order chi connectivity index (χ0) is 18.8. The molecule has 2 aliphatic heterocycles. The number of benzene rings is 2. The molecule has 4 rings (SSSR count). The van der Waals surface area contributed by atoms with Gasteiger partial charge in [-0.3, -0.25) is 14.4 Å². The van der Waals surface area contributed by atoms with Crippen molar-refractivity contribution in [1.82, 2.24) is 0 Å². The summed E-state index contributed by atoms with van der Waals surface area (Å²) in [6.07, 6.45) is 1.61. The van der Waals surface area contributed by atoms with Gasteiger partial charge in [-0.1, -0.05) is 18.2 Å². The van der Waals surface area contributed by atoms with E-state index in [4.69, 9.17) is 0 Å². The number of rotatable bonds is 3. The van der Waals surface area contributed by atoms with Crippen LogP contribution in [0.3, 0.4) is 0 Å². The van der Waals surface area contributed by atoms with E-state index in [-0.39, 0.29) is 24.1 Å². The number of hydrogen-bond donors (Lipinski definition) is 2. The third-order valence-electron chi connectivity index (χ3n) is 4.55. The van der Waals surface area contributed by atoms with Gasteiger partial charge in [0, 0.05) is 30.6 Å². The van der Waals surface area contributed by atoms with E-state index in [0.29, 0.717) is 36.3 Å². The molecule has 0 unspecified atom stereocenters. The number of hydrogen-bond acceptors (Lipinski definition) is 4. The maximum Gasteiger partial charge on any atom is 0.271 e. The molecule has 2 N–H and O–H groups in total. The van der Waals surface area contributed by atoms with Crippen molar-refractivity contribution in [2.24, 2.45) is 5.10 Å². The highest BCUT2D eigenvalue weighted by Gasteiger charge is 2.25. The number of fused-ring (bicyclic) bond motifs is 1. The number of hydrazone groups is 1. The lowest BCUT2D eigenvalue weighted by atomic mass is 10.0. The third-order valence-corrected chi connectivity index (χ3v) is 4.55. The molecule has 27 heavy (non-hydrogen) atoms. The van der Waals surface area contributed by atoms with Crippen LogP contribution in [0.25, 0.3) is 0 Å². The average Bonchev–Trinajstić information content (AvgIpc) is 2.69. The van der Waals surface area contributed by atoms with Crippen LogP contribution in [0.5, 0.6) is 0 Å². The first kappa shape index (κ1) is 17.0. The summed E-state index contributed by atoms with van der Waals surface area (Å²) < 4.78 is 0. The van der Waals surface area contributed by atoms with Crippen molar-refractivity contribution >= 4 is 40.5 Å². The van der Waals surface area contributed by atoms with Crippen LogP contribution < -0.4 is 15.6 Å². The number of nitrogens with one attached hydrogen (secondary N) is 2. The number of carbonyl (C=O) groups is 3. The second-order valence-electron chi connectivity index (χ2n) is 6.46. The predicted octanol–water partition coefficient (Wildman–Crippen LogP) is 2.69. The molecule has 2 aliphatic rings. The minimum Gasteiger partial charge on any atom is -0.326 e. The second kappa shape index (κ2) is 7.03. The standard InChI is InChI=1S/C20H18N4O3/c25-18-10-6-13-12-14(7-8-16(13)22-18)21-20(27)17-9-11-19(26)24(23-17)15-4-2-1-3-5-15/h1-5,7-8,12H,6,9-11H2,(H,21,27)(H,22,25). The van der Waals surface area contributed by atoms with Gasteiger partial charge in [-0.15, -0.1) is 0 Å². The van der Waals surface area contributed by atoms with Gasteiger partial charge in [0.1, 0.15) is 5.71 Å². The SMILES string of the molecule is O=C1CCc2cc(NC(=O)C3=NN(c4ccccc4)C(=O)CC3)ccc2N1. The Morgan fingerprint density at radius 2 is 1.81 bits per heavy atom. The highest BCUT2D eigenvalue weighted by atomic mass is 16.2. The van der Waals surface area contributed by atoms with Crippen LogP contribution in [-0.4, -0.2) is 23.4 Å². The number of anilines is 3. The van der Waals surface area contributed by atoms with E-state index in [0.717, 1.165) is 11.3 Å². The Kier molecular flexibility index (Phi) is 4.42. The molecule has 2 aromatic carbocycles. The van der Waals surface area contributed by atoms with Crippen LogP contribution in [-0.2, 0) is 20.8 Å². The van der Waals surface area contributed by atoms with Crippen LogP contribution in [0.2, 0.25) is 0 Å². The molecular formula is C20H18N4O3. The van der Waals surface area contributed by atoms with E-state index in [1.807, 2.05) is 24.3 Å². The molecule has 7 nitrogen and oxygen atoms in total. The smallest absolute Gasteiger partial charge is 0.271 e. The van der Waals surface area contributed by atoms with Gasteiger partial charge >= 0.3 is 0 Å². The van der Waals surface area contributed by atoms with Gasteiger partial charge in [-0.2, -0.15) is 5.10 Å². The Balaban J connectivity index is 1.53. The van der Waals surface area contributed by atoms with Gasteiger partial charge in [-0.05, 0) is 42.3 Å². The van der Waals surface area contributed by atoms with E-state index in [1.165, 1.54) is 5.01 Å². The van der Waals surface area contributed by atoms with Crippen molar-refractivity contribution in [3.8, 4) is 0 Å². The maximum atomic E-state index is 12.6. The van der Waals surface area contributed by atoms with Gasteiger partial charge in [0.2, 0.25) is 11.8 Å². The number of amides is 3. The fourth-order valence-corrected chi connectivity index (χ4v) is 3.15. The molecule has 7 heteroatoms. The van der Waals surface area contributed by atoms with Crippen LogP contribution >= 0.6 is 0 Å². The maximum absolute atomic E-state index is 12.6. The molecule has 0 aromatic heterocycles. The molecule has 2 aromatic rings. The minimum absolute atomic E-state index is 0.00140. The normalized spacial score (nSPS) is 16.3. The highest BCUT2D eigenvalue weighted by Crippen LogP contribution is 2.26. The highest BCUT2D eigenvalue weighted by molar-refractivity contribution is 6.44. The van der Waals surface area contributed by atoms with Crippen molar-refractivity contribution in [2.45, 2.75) is 25.7 Å². The molecule has 136 valence electrons. The summed E-state index contributed by atoms with van der Waals surface area (Å²) in [6.45, 7) is 0. The third kappa shape index (κ3) is 3.57. The summed E-state index contributed by atoms with van der Waals surface area (Å²) >= 11 is 0. The van der Waals surface area contributed by atoms with Crippen molar-refractivity contribution in [3.05, 3.63) is 54.1 Å². The summed E-state index contributed by atoms with van der Waals surface area (Å²) in [5.74, 6) is -0.466. The van der Waals surface area contributed by atoms with Crippen LogP contribution in [0.1, 0.15) is 24.8 Å². The lowest BCUT2D eigenvalue weighted by Crippen LogP contribution is -2.36. The Bertz CT molecular complexity index is 953. The summed E-state index contributed by atoms with van der Waals surface area (Å²) in [5, 5.41) is 11.2. The first-order valence-electron chi connectivity index (χ1n) is 8.80. The second-order valence-corrected chi connectivity index (χ2v) is 6.46. The average molecular weight is 362 g/mol. The molecule has 3 amide bonds. The predicted molar refractivity (Wildman–Crippen MR) is 103 cm³/mol. The molecule has 0 saturated carbocycles. The quantitative estimate of drug-likeness (QED) is 0.879. The topological polar surface area (TPSA) is 90.9 Å². The summed E-state index contributed by atoms with van der Waals surface area (Å²) in [6, 6.07) is 14.4. The zero-order valence-corrected chi connectivity index (χ0v) is 14.6. The summed E-state index contributed by atoms with van der Waals surface area (Å²) in [4.78, 5) is 36.2. The molecule has 0 fully saturated rings. The van der Waals surface area contributed by atoms with Gasteiger partial charge in [-0.25, -0.2) is 5.01 Å². The fraction of sp³-hybridized carbons (Fsp3) is 0.200. The molecule has 2 heterocycles. The van der Waals surface area contributed by atoms with Crippen molar-refractivity contribution < 1.29 is 14.4 Å². The summed E-state index contributed by atoms with van der Waals surface area (Å²) in [7, 11) is 0. The Labute approximate surface area is 156 Å². The van der Waals surface area contributed by atoms with Crippen LogP contribution in [0.15, 0.2) is 53.6 Å². The van der Waals surface area contributed by atoms with E-state index < -0.39 is 0 Å². The number of carbonyl (C=O) groups excluding carboxylic acids is 3. The van der Waals surface area contributed by atoms with Gasteiger partial charge in [0.15, 0.2) is 0 Å². The molecule has 0 bridgehead atoms. The van der Waals surface area contributed by atoms with Crippen LogP contribution in [0, 0.1) is 0 Å². The molecular weight excluding hydrogens is 344 g/mol. The van der Waals surface area contributed by atoms with Gasteiger partial charge < -0.3 is 10.6 Å². The van der Waals surface area contributed by atoms with E-state index in [9.17, 15) is 14.4 Å². The molecule has 0 radical (unpaired) electrons. The Morgan fingerprint density at radius 1 is 1.00 bits per heavy atom. The van der Waals surface area contributed by atoms with Gasteiger partial charge in [0.05, 0.1) is 5.69 Å². The molecule has 0 atom stereocenters. The Morgan fingerprint density at radius 3 is 2.63 bits per heavy atom. The molecule has 0 aliphatic carbocycles. The lowest BCUT2D eigenvalue weighted by molar-refractivity contribution is -0.119. The monoisotopic (exact) mass is 362 g/mol. The number of aryl methyl sites for hydroxylation is 1. The Hall–Kier alpha value is -3.48. The van der Waals surface area contributed by atoms with E-state index in [2.05, 4.69) is 15.7 Å². The minimum atomic E-state index is -0.330. The van der Waals surface area contributed by atoms with E-state index >= 15 is 0 Å². The fourth-order valence-electron chi connectivity index (χ4n) is 3.15. The van der Waals surface area contributed by atoms with Crippen molar-refractivity contribution in [1.29, 1.82) is 0 Å². The first-order valence-corrected chi connectivity index (χ1v) is 8.80. The molecule has 0 spiro atoms. The largest absolute Gasteiger partial charge is 0.326 e. The molecule has 0 saturated heterocycles. The number of nitrogens with zero attached hydrogens (tertiary/aromatic N) is 2. The van der Waals surface area contributed by atoms with Gasteiger partial charge in [0.25, 0.3) is 5.91 Å². The van der Waals surface area contributed by atoms with Crippen molar-refractivity contribution in [2.75, 3.05) is 15.6 Å². The van der Waals surface area contributed by atoms with Crippen molar-refractivity contribution in [3.63, 3.8) is 0 Å². The first-order chi connectivity index (χ1) is 13.1. The van der Waals surface area contributed by atoms with Crippen LogP contribution in [0.4, 0.5) is 17.1 Å². The number of para-hydroxylation sites is 1. The lowest BCUT2D eigenvalue weighted by Gasteiger charge is -2.23.